The summed E-state index contributed by atoms with van der Waals surface area (Å²) in [5.41, 5.74) is 5.27. The fourth-order valence-corrected chi connectivity index (χ4v) is 6.63. The zero-order valence-corrected chi connectivity index (χ0v) is 22.9. The Hall–Kier alpha value is -2.47. The van der Waals surface area contributed by atoms with Crippen LogP contribution in [-0.4, -0.2) is 52.3 Å². The summed E-state index contributed by atoms with van der Waals surface area (Å²) in [7, 11) is -2.54. The zero-order chi connectivity index (χ0) is 25.3. The minimum absolute atomic E-state index is 0.379. The van der Waals surface area contributed by atoms with Crippen LogP contribution in [0.2, 0.25) is 5.02 Å². The molecule has 2 N–H and O–H groups in total. The molecule has 1 saturated heterocycles. The number of fused-ring (bicyclic) bond motifs is 1. The fourth-order valence-electron chi connectivity index (χ4n) is 5.30. The van der Waals surface area contributed by atoms with Crippen LogP contribution in [0.4, 0.5) is 23.1 Å². The van der Waals surface area contributed by atoms with Crippen molar-refractivity contribution in [2.24, 2.45) is 0 Å². The first-order valence-corrected chi connectivity index (χ1v) is 15.7. The van der Waals surface area contributed by atoms with Gasteiger partial charge >= 0.3 is 0 Å². The number of aryl methyl sites for hydroxylation is 3. The van der Waals surface area contributed by atoms with Crippen molar-refractivity contribution in [1.82, 2.24) is 19.9 Å². The molecule has 0 radical (unpaired) electrons. The highest BCUT2D eigenvalue weighted by molar-refractivity contribution is 7.70. The van der Waals surface area contributed by atoms with Gasteiger partial charge < -0.3 is 20.1 Å². The van der Waals surface area contributed by atoms with Gasteiger partial charge in [-0.15, -0.1) is 0 Å². The predicted octanol–water partition coefficient (Wildman–Crippen LogP) is 5.91. The van der Waals surface area contributed by atoms with Gasteiger partial charge in [-0.3, -0.25) is 4.98 Å². The molecule has 1 atom stereocenters. The van der Waals surface area contributed by atoms with Crippen molar-refractivity contribution in [2.75, 3.05) is 37.1 Å². The number of halogens is 1. The molecule has 1 fully saturated rings. The molecule has 190 valence electrons. The molecule has 1 aliphatic carbocycles. The molecule has 5 rings (SSSR count). The van der Waals surface area contributed by atoms with Crippen molar-refractivity contribution in [1.29, 1.82) is 0 Å². The Morgan fingerprint density at radius 3 is 2.50 bits per heavy atom. The second-order valence-corrected chi connectivity index (χ2v) is 13.9. The third-order valence-corrected chi connectivity index (χ3v) is 9.02. The molecule has 0 bridgehead atoms. The number of nitrogens with one attached hydrogen (secondary N) is 2. The van der Waals surface area contributed by atoms with Crippen LogP contribution in [0.3, 0.4) is 0 Å². The maximum atomic E-state index is 12.9. The summed E-state index contributed by atoms with van der Waals surface area (Å²) in [5.74, 6) is 0.890. The lowest BCUT2D eigenvalue weighted by molar-refractivity contribution is 0.222. The third kappa shape index (κ3) is 5.74. The molecule has 3 aromatic rings. The van der Waals surface area contributed by atoms with Crippen molar-refractivity contribution in [3.63, 3.8) is 0 Å². The monoisotopic (exact) mass is 524 g/mol. The van der Waals surface area contributed by atoms with Gasteiger partial charge in [-0.05, 0) is 101 Å². The van der Waals surface area contributed by atoms with Crippen molar-refractivity contribution < 1.29 is 4.57 Å². The zero-order valence-electron chi connectivity index (χ0n) is 21.2. The van der Waals surface area contributed by atoms with E-state index < -0.39 is 7.14 Å². The van der Waals surface area contributed by atoms with Gasteiger partial charge in [-0.2, -0.15) is 4.98 Å². The first-order chi connectivity index (χ1) is 17.3. The van der Waals surface area contributed by atoms with Crippen molar-refractivity contribution in [3.8, 4) is 0 Å². The molecule has 0 saturated carbocycles. The Morgan fingerprint density at radius 2 is 1.75 bits per heavy atom. The lowest BCUT2D eigenvalue weighted by Gasteiger charge is -2.25. The number of nitrogens with zero attached hydrogens (tertiary/aromatic N) is 4. The van der Waals surface area contributed by atoms with Gasteiger partial charge in [-0.25, -0.2) is 4.98 Å². The van der Waals surface area contributed by atoms with Crippen LogP contribution >= 0.6 is 18.7 Å². The van der Waals surface area contributed by atoms with Gasteiger partial charge in [0.2, 0.25) is 5.95 Å². The number of likely N-dealkylation sites (tertiary alicyclic amines) is 1. The normalized spacial score (nSPS) is 18.5. The van der Waals surface area contributed by atoms with Gasteiger partial charge in [0.15, 0.2) is 5.82 Å². The van der Waals surface area contributed by atoms with E-state index in [4.69, 9.17) is 11.6 Å². The highest BCUT2D eigenvalue weighted by atomic mass is 35.5. The van der Waals surface area contributed by atoms with Gasteiger partial charge in [0.25, 0.3) is 0 Å². The molecule has 1 aromatic carbocycles. The van der Waals surface area contributed by atoms with Crippen LogP contribution in [0.1, 0.15) is 42.5 Å². The number of rotatable bonds is 6. The van der Waals surface area contributed by atoms with E-state index in [-0.39, 0.29) is 0 Å². The lowest BCUT2D eigenvalue weighted by atomic mass is 10.0. The number of hydrogen-bond acceptors (Lipinski definition) is 7. The summed E-state index contributed by atoms with van der Waals surface area (Å²) in [5, 5.41) is 7.67. The number of hydrogen-bond donors (Lipinski definition) is 2. The van der Waals surface area contributed by atoms with E-state index in [9.17, 15) is 4.57 Å². The van der Waals surface area contributed by atoms with Crippen LogP contribution in [0.5, 0.6) is 0 Å². The van der Waals surface area contributed by atoms with E-state index in [1.165, 1.54) is 49.9 Å². The summed E-state index contributed by atoms with van der Waals surface area (Å²) >= 11 is 6.42. The Bertz CT molecular complexity index is 1300. The SMILES string of the molecule is Cc1cc(P(C)(C)=O)c(Nc2nc(Nc3ccc4c(c3)CC[C@@H](N3CCCC3)CC4)ncc2Cl)cn1. The fraction of sp³-hybridized carbons (Fsp3) is 0.444. The molecule has 0 spiro atoms. The summed E-state index contributed by atoms with van der Waals surface area (Å²) in [6.45, 7) is 7.88. The van der Waals surface area contributed by atoms with Crippen molar-refractivity contribution in [3.05, 3.63) is 58.5 Å². The van der Waals surface area contributed by atoms with E-state index in [1.54, 1.807) is 25.7 Å². The van der Waals surface area contributed by atoms with Crippen LogP contribution < -0.4 is 15.9 Å². The molecular formula is C27H34ClN6OP. The molecule has 7 nitrogen and oxygen atoms in total. The van der Waals surface area contributed by atoms with Crippen molar-refractivity contribution >= 4 is 47.2 Å². The number of anilines is 4. The third-order valence-electron chi connectivity index (χ3n) is 7.21. The quantitative estimate of drug-likeness (QED) is 0.306. The summed E-state index contributed by atoms with van der Waals surface area (Å²) < 4.78 is 12.9. The maximum Gasteiger partial charge on any atom is 0.229 e. The number of pyridine rings is 1. The highest BCUT2D eigenvalue weighted by Crippen LogP contribution is 2.39. The molecule has 2 aromatic heterocycles. The smallest absolute Gasteiger partial charge is 0.229 e. The van der Waals surface area contributed by atoms with Crippen LogP contribution in [-0.2, 0) is 17.4 Å². The van der Waals surface area contributed by atoms with Gasteiger partial charge in [0.05, 0.1) is 18.1 Å². The molecule has 36 heavy (non-hydrogen) atoms. The van der Waals surface area contributed by atoms with E-state index in [0.717, 1.165) is 29.5 Å². The highest BCUT2D eigenvalue weighted by Gasteiger charge is 2.24. The second kappa shape index (κ2) is 10.5. The van der Waals surface area contributed by atoms with Gasteiger partial charge in [0, 0.05) is 22.7 Å². The van der Waals surface area contributed by atoms with Gasteiger partial charge in [-0.1, -0.05) is 17.7 Å². The molecule has 0 unspecified atom stereocenters. The largest absolute Gasteiger partial charge is 0.337 e. The molecular weight excluding hydrogens is 491 g/mol. The summed E-state index contributed by atoms with van der Waals surface area (Å²) in [6, 6.07) is 9.13. The first kappa shape index (κ1) is 25.2. The molecule has 0 amide bonds. The Morgan fingerprint density at radius 1 is 1.00 bits per heavy atom. The topological polar surface area (TPSA) is 83.0 Å². The predicted molar refractivity (Wildman–Crippen MR) is 149 cm³/mol. The van der Waals surface area contributed by atoms with E-state index >= 15 is 0 Å². The second-order valence-electron chi connectivity index (χ2n) is 10.3. The summed E-state index contributed by atoms with van der Waals surface area (Å²) in [6.07, 6.45) is 10.6. The Balaban J connectivity index is 1.33. The maximum absolute atomic E-state index is 12.9. The van der Waals surface area contributed by atoms with Crippen LogP contribution in [0.25, 0.3) is 0 Å². The summed E-state index contributed by atoms with van der Waals surface area (Å²) in [4.78, 5) is 16.0. The average Bonchev–Trinajstić information content (AvgIpc) is 3.29. The molecule has 9 heteroatoms. The van der Waals surface area contributed by atoms with E-state index in [0.29, 0.717) is 28.5 Å². The Labute approximate surface area is 218 Å². The molecule has 2 aliphatic rings. The number of benzene rings is 1. The van der Waals surface area contributed by atoms with Crippen molar-refractivity contribution in [2.45, 2.75) is 51.5 Å². The molecule has 3 heterocycles. The molecule has 1 aliphatic heterocycles. The number of aromatic nitrogens is 3. The van der Waals surface area contributed by atoms with E-state index in [2.05, 4.69) is 48.7 Å². The van der Waals surface area contributed by atoms with Crippen LogP contribution in [0, 0.1) is 6.92 Å². The first-order valence-electron chi connectivity index (χ1n) is 12.7. The van der Waals surface area contributed by atoms with E-state index in [1.807, 2.05) is 13.0 Å². The Kier molecular flexibility index (Phi) is 7.34. The minimum Gasteiger partial charge on any atom is -0.337 e. The standard InChI is InChI=1S/C27H34ClN6OP/c1-18-14-25(36(2,3)35)24(17-29-18)32-26-23(28)16-30-27(33-26)31-21-9-6-19-7-10-22(11-8-20(19)15-21)34-12-4-5-13-34/h6,9,14-17,22H,4-5,7-8,10-13H2,1-3H3,(H2,30,31,32,33)/t22-/m0/s1. The average molecular weight is 525 g/mol. The minimum atomic E-state index is -2.54. The van der Waals surface area contributed by atoms with Crippen LogP contribution in [0.15, 0.2) is 36.7 Å². The van der Waals surface area contributed by atoms with Gasteiger partial charge in [0.1, 0.15) is 12.2 Å². The lowest BCUT2D eigenvalue weighted by Crippen LogP contribution is -2.32.